The number of nitrogens with one attached hydrogen (secondary N) is 2. The molecule has 7 heteroatoms. The Hall–Kier alpha value is -1.02. The molecule has 0 fully saturated rings. The lowest BCUT2D eigenvalue weighted by Gasteiger charge is -2.14. The molecular weight excluding hydrogens is 295 g/mol. The molecule has 120 valence electrons. The number of ether oxygens (including phenoxy) is 1. The fraction of sp³-hybridized carbons (Fsp3) is 0.571. The van der Waals surface area contributed by atoms with Gasteiger partial charge in [-0.05, 0) is 37.6 Å². The first kappa shape index (κ1) is 18.0. The van der Waals surface area contributed by atoms with Crippen LogP contribution in [-0.2, 0) is 21.3 Å². The minimum absolute atomic E-state index is 0.0163. The Morgan fingerprint density at radius 3 is 2.62 bits per heavy atom. The van der Waals surface area contributed by atoms with E-state index in [2.05, 4.69) is 10.0 Å². The van der Waals surface area contributed by atoms with Crippen molar-refractivity contribution >= 4 is 10.0 Å². The van der Waals surface area contributed by atoms with Crippen molar-refractivity contribution in [2.24, 2.45) is 5.92 Å². The maximum absolute atomic E-state index is 13.9. The Morgan fingerprint density at radius 1 is 1.38 bits per heavy atom. The number of rotatable bonds is 8. The van der Waals surface area contributed by atoms with Gasteiger partial charge in [-0.15, -0.1) is 0 Å². The van der Waals surface area contributed by atoms with Crippen molar-refractivity contribution in [2.45, 2.75) is 25.3 Å². The van der Waals surface area contributed by atoms with Crippen molar-refractivity contribution in [1.29, 1.82) is 0 Å². The second kappa shape index (κ2) is 7.84. The Labute approximate surface area is 125 Å². The second-order valence-corrected chi connectivity index (χ2v) is 6.88. The van der Waals surface area contributed by atoms with Crippen LogP contribution in [0.15, 0.2) is 17.0 Å². The molecule has 0 saturated carbocycles. The van der Waals surface area contributed by atoms with Crippen molar-refractivity contribution < 1.29 is 17.5 Å². The highest BCUT2D eigenvalue weighted by Crippen LogP contribution is 2.20. The van der Waals surface area contributed by atoms with Crippen LogP contribution in [0.25, 0.3) is 0 Å². The lowest BCUT2D eigenvalue weighted by Crippen LogP contribution is -2.30. The van der Waals surface area contributed by atoms with E-state index in [4.69, 9.17) is 4.74 Å². The van der Waals surface area contributed by atoms with Gasteiger partial charge in [-0.3, -0.25) is 0 Å². The average Bonchev–Trinajstić information content (AvgIpc) is 2.41. The maximum atomic E-state index is 13.9. The monoisotopic (exact) mass is 318 g/mol. The molecular formula is C14H23FN2O3S. The molecule has 0 bridgehead atoms. The van der Waals surface area contributed by atoms with E-state index in [-0.39, 0.29) is 22.9 Å². The zero-order valence-electron chi connectivity index (χ0n) is 12.9. The molecule has 1 aromatic carbocycles. The van der Waals surface area contributed by atoms with Gasteiger partial charge < -0.3 is 10.1 Å². The molecule has 2 N–H and O–H groups in total. The lowest BCUT2D eigenvalue weighted by molar-refractivity contribution is 0.161. The topological polar surface area (TPSA) is 67.4 Å². The van der Waals surface area contributed by atoms with Gasteiger partial charge in [-0.2, -0.15) is 0 Å². The molecule has 1 unspecified atom stereocenters. The first-order valence-electron chi connectivity index (χ1n) is 6.74. The number of hydrogen-bond donors (Lipinski definition) is 2. The van der Waals surface area contributed by atoms with Gasteiger partial charge in [-0.1, -0.05) is 6.92 Å². The standard InChI is InChI=1S/C14H23FN2O3S/c1-10(9-20-4)7-17-21(18,19)14-6-12(8-16-3)5-13(15)11(14)2/h5-6,10,16-17H,7-9H2,1-4H3. The van der Waals surface area contributed by atoms with Crippen LogP contribution >= 0.6 is 0 Å². The summed E-state index contributed by atoms with van der Waals surface area (Å²) in [6.07, 6.45) is 0. The van der Waals surface area contributed by atoms with E-state index in [1.165, 1.54) is 19.1 Å². The average molecular weight is 318 g/mol. The van der Waals surface area contributed by atoms with Gasteiger partial charge in [0.2, 0.25) is 10.0 Å². The van der Waals surface area contributed by atoms with Crippen LogP contribution in [0.5, 0.6) is 0 Å². The minimum Gasteiger partial charge on any atom is -0.384 e. The van der Waals surface area contributed by atoms with Crippen LogP contribution in [0.1, 0.15) is 18.1 Å². The Morgan fingerprint density at radius 2 is 2.05 bits per heavy atom. The summed E-state index contributed by atoms with van der Waals surface area (Å²) in [6.45, 7) is 4.44. The minimum atomic E-state index is -3.74. The smallest absolute Gasteiger partial charge is 0.240 e. The van der Waals surface area contributed by atoms with Crippen LogP contribution in [0.3, 0.4) is 0 Å². The zero-order valence-corrected chi connectivity index (χ0v) is 13.7. The molecule has 0 aliphatic rings. The third-order valence-electron chi connectivity index (χ3n) is 3.10. The molecule has 1 rings (SSSR count). The largest absolute Gasteiger partial charge is 0.384 e. The van der Waals surface area contributed by atoms with E-state index in [0.29, 0.717) is 18.7 Å². The lowest BCUT2D eigenvalue weighted by atomic mass is 10.1. The molecule has 0 heterocycles. The predicted octanol–water partition coefficient (Wildman–Crippen LogP) is 1.41. The van der Waals surface area contributed by atoms with Crippen LogP contribution in [0.2, 0.25) is 0 Å². The fourth-order valence-electron chi connectivity index (χ4n) is 1.97. The van der Waals surface area contributed by atoms with Gasteiger partial charge in [0, 0.05) is 32.4 Å². The van der Waals surface area contributed by atoms with Gasteiger partial charge in [0.05, 0.1) is 4.90 Å². The predicted molar refractivity (Wildman–Crippen MR) is 80.1 cm³/mol. The SMILES string of the molecule is CNCc1cc(F)c(C)c(S(=O)(=O)NCC(C)COC)c1. The summed E-state index contributed by atoms with van der Waals surface area (Å²) in [5, 5.41) is 2.88. The molecule has 0 aliphatic carbocycles. The zero-order chi connectivity index (χ0) is 16.0. The molecule has 0 radical (unpaired) electrons. The van der Waals surface area contributed by atoms with Crippen molar-refractivity contribution in [2.75, 3.05) is 27.3 Å². The Balaban J connectivity index is 3.01. The van der Waals surface area contributed by atoms with Crippen molar-refractivity contribution in [3.8, 4) is 0 Å². The van der Waals surface area contributed by atoms with Crippen LogP contribution in [0, 0.1) is 18.7 Å². The van der Waals surface area contributed by atoms with Crippen LogP contribution in [0.4, 0.5) is 4.39 Å². The molecule has 21 heavy (non-hydrogen) atoms. The number of halogens is 1. The summed E-state index contributed by atoms with van der Waals surface area (Å²) in [7, 11) is -0.461. The summed E-state index contributed by atoms with van der Waals surface area (Å²) < 4.78 is 46.0. The number of methoxy groups -OCH3 is 1. The van der Waals surface area contributed by atoms with Gasteiger partial charge in [0.1, 0.15) is 5.82 Å². The van der Waals surface area contributed by atoms with E-state index < -0.39 is 15.8 Å². The van der Waals surface area contributed by atoms with Crippen molar-refractivity contribution in [1.82, 2.24) is 10.0 Å². The molecule has 0 saturated heterocycles. The maximum Gasteiger partial charge on any atom is 0.240 e. The number of benzene rings is 1. The summed E-state index contributed by atoms with van der Waals surface area (Å²) in [5.74, 6) is -0.483. The fourth-order valence-corrected chi connectivity index (χ4v) is 3.43. The highest BCUT2D eigenvalue weighted by atomic mass is 32.2. The summed E-state index contributed by atoms with van der Waals surface area (Å²) in [4.78, 5) is -0.0163. The van der Waals surface area contributed by atoms with E-state index in [9.17, 15) is 12.8 Å². The molecule has 1 atom stereocenters. The number of sulfonamides is 1. The van der Waals surface area contributed by atoms with E-state index >= 15 is 0 Å². The van der Waals surface area contributed by atoms with Crippen molar-refractivity contribution in [3.05, 3.63) is 29.1 Å². The summed E-state index contributed by atoms with van der Waals surface area (Å²) in [5.41, 5.74) is 0.715. The van der Waals surface area contributed by atoms with E-state index in [0.717, 1.165) is 0 Å². The van der Waals surface area contributed by atoms with Gasteiger partial charge in [0.25, 0.3) is 0 Å². The molecule has 0 aromatic heterocycles. The molecule has 0 spiro atoms. The molecule has 5 nitrogen and oxygen atoms in total. The highest BCUT2D eigenvalue weighted by molar-refractivity contribution is 7.89. The third kappa shape index (κ3) is 5.03. The molecule has 0 amide bonds. The third-order valence-corrected chi connectivity index (χ3v) is 4.65. The second-order valence-electron chi connectivity index (χ2n) is 5.14. The highest BCUT2D eigenvalue weighted by Gasteiger charge is 2.20. The normalized spacial score (nSPS) is 13.4. The van der Waals surface area contributed by atoms with Gasteiger partial charge in [-0.25, -0.2) is 17.5 Å². The summed E-state index contributed by atoms with van der Waals surface area (Å²) >= 11 is 0. The first-order valence-corrected chi connectivity index (χ1v) is 8.22. The molecule has 0 aliphatic heterocycles. The number of hydrogen-bond acceptors (Lipinski definition) is 4. The Kier molecular flexibility index (Phi) is 6.73. The van der Waals surface area contributed by atoms with Crippen LogP contribution < -0.4 is 10.0 Å². The van der Waals surface area contributed by atoms with Crippen molar-refractivity contribution in [3.63, 3.8) is 0 Å². The van der Waals surface area contributed by atoms with Gasteiger partial charge in [0.15, 0.2) is 0 Å². The van der Waals surface area contributed by atoms with E-state index in [1.807, 2.05) is 6.92 Å². The van der Waals surface area contributed by atoms with Gasteiger partial charge >= 0.3 is 0 Å². The first-order chi connectivity index (χ1) is 9.81. The Bertz CT molecular complexity index is 576. The van der Waals surface area contributed by atoms with E-state index in [1.54, 1.807) is 14.2 Å². The quantitative estimate of drug-likeness (QED) is 0.760. The van der Waals surface area contributed by atoms with Crippen LogP contribution in [-0.4, -0.2) is 35.7 Å². The summed E-state index contributed by atoms with van der Waals surface area (Å²) in [6, 6.07) is 2.84. The molecule has 1 aromatic rings.